The lowest BCUT2D eigenvalue weighted by molar-refractivity contribution is -0.180. The number of carbonyl (C=O) groups is 3. The van der Waals surface area contributed by atoms with Gasteiger partial charge in [0.1, 0.15) is 12.2 Å². The molecule has 0 heterocycles. The van der Waals surface area contributed by atoms with Crippen molar-refractivity contribution in [3.8, 4) is 0 Å². The molecule has 2 saturated carbocycles. The van der Waals surface area contributed by atoms with Crippen LogP contribution in [0.4, 0.5) is 4.39 Å². The molecule has 0 saturated heterocycles. The molecule has 0 amide bonds. The standard InChI is InChI=1S/C22H25FO5/c1-12-8-16-15-5-4-13-9-14(25)6-7-19(13,2)21(15,23)17(26)10-20(16,3)22(12,28)18(27)11-24/h4-7,9,12,15-16,24,28H,8,10-11H2,1-3H3/t12-,15-,16-,19-,20-,21-,22-/m0/s1. The second-order valence-electron chi connectivity index (χ2n) is 9.24. The Morgan fingerprint density at radius 2 is 1.96 bits per heavy atom. The smallest absolute Gasteiger partial charge is 0.190 e. The number of carbonyl (C=O) groups excluding carboxylic acids is 3. The number of hydrogen-bond acceptors (Lipinski definition) is 5. The number of aliphatic hydroxyl groups is 2. The van der Waals surface area contributed by atoms with Crippen LogP contribution in [-0.2, 0) is 14.4 Å². The molecule has 4 aliphatic rings. The van der Waals surface area contributed by atoms with Crippen molar-refractivity contribution in [3.63, 3.8) is 0 Å². The van der Waals surface area contributed by atoms with E-state index in [2.05, 4.69) is 0 Å². The third kappa shape index (κ3) is 1.90. The largest absolute Gasteiger partial charge is 0.388 e. The summed E-state index contributed by atoms with van der Waals surface area (Å²) >= 11 is 0. The summed E-state index contributed by atoms with van der Waals surface area (Å²) in [6.07, 6.45) is 7.52. The van der Waals surface area contributed by atoms with E-state index in [-0.39, 0.29) is 12.2 Å². The Morgan fingerprint density at radius 1 is 1.29 bits per heavy atom. The van der Waals surface area contributed by atoms with Crippen LogP contribution in [-0.4, -0.2) is 45.4 Å². The van der Waals surface area contributed by atoms with Crippen molar-refractivity contribution in [1.29, 1.82) is 0 Å². The number of ketones is 3. The monoisotopic (exact) mass is 388 g/mol. The molecule has 2 fully saturated rings. The molecular formula is C22H25FO5. The summed E-state index contributed by atoms with van der Waals surface area (Å²) in [7, 11) is 0. The lowest BCUT2D eigenvalue weighted by atomic mass is 9.46. The van der Waals surface area contributed by atoms with E-state index < -0.39 is 58.0 Å². The van der Waals surface area contributed by atoms with E-state index in [9.17, 15) is 24.6 Å². The first-order valence-corrected chi connectivity index (χ1v) is 9.69. The molecule has 28 heavy (non-hydrogen) atoms. The molecule has 150 valence electrons. The molecule has 0 aliphatic heterocycles. The van der Waals surface area contributed by atoms with Crippen molar-refractivity contribution in [2.75, 3.05) is 6.61 Å². The van der Waals surface area contributed by atoms with Gasteiger partial charge in [-0.05, 0) is 42.9 Å². The van der Waals surface area contributed by atoms with Gasteiger partial charge in [-0.2, -0.15) is 0 Å². The first-order chi connectivity index (χ1) is 13.0. The normalized spacial score (nSPS) is 49.4. The van der Waals surface area contributed by atoms with Crippen molar-refractivity contribution in [1.82, 2.24) is 0 Å². The van der Waals surface area contributed by atoms with Gasteiger partial charge in [0.25, 0.3) is 0 Å². The number of Topliss-reactive ketones (excluding diaryl/α,β-unsaturated/α-hetero) is 2. The maximum atomic E-state index is 16.7. The first-order valence-electron chi connectivity index (χ1n) is 9.69. The van der Waals surface area contributed by atoms with Gasteiger partial charge < -0.3 is 10.2 Å². The average molecular weight is 388 g/mol. The molecular weight excluding hydrogens is 363 g/mol. The zero-order valence-electron chi connectivity index (χ0n) is 16.2. The number of alkyl halides is 1. The zero-order valence-corrected chi connectivity index (χ0v) is 16.2. The van der Waals surface area contributed by atoms with Crippen LogP contribution < -0.4 is 0 Å². The van der Waals surface area contributed by atoms with E-state index in [1.54, 1.807) is 32.9 Å². The summed E-state index contributed by atoms with van der Waals surface area (Å²) in [4.78, 5) is 37.6. The van der Waals surface area contributed by atoms with Gasteiger partial charge in [0.15, 0.2) is 23.0 Å². The number of aliphatic hydroxyl groups excluding tert-OH is 1. The molecule has 6 heteroatoms. The third-order valence-electron chi connectivity index (χ3n) is 8.12. The Hall–Kier alpha value is -1.92. The quantitative estimate of drug-likeness (QED) is 0.754. The fourth-order valence-corrected chi connectivity index (χ4v) is 6.46. The van der Waals surface area contributed by atoms with Crippen molar-refractivity contribution in [2.45, 2.75) is 44.9 Å². The van der Waals surface area contributed by atoms with Gasteiger partial charge >= 0.3 is 0 Å². The van der Waals surface area contributed by atoms with Crippen LogP contribution in [0.5, 0.6) is 0 Å². The van der Waals surface area contributed by atoms with Crippen LogP contribution in [0.1, 0.15) is 33.6 Å². The predicted octanol–water partition coefficient (Wildman–Crippen LogP) is 1.88. The Kier molecular flexibility index (Phi) is 3.86. The number of rotatable bonds is 2. The van der Waals surface area contributed by atoms with Gasteiger partial charge in [-0.15, -0.1) is 0 Å². The molecule has 5 nitrogen and oxygen atoms in total. The Labute approximate surface area is 163 Å². The van der Waals surface area contributed by atoms with E-state index >= 15 is 4.39 Å². The van der Waals surface area contributed by atoms with Crippen molar-refractivity contribution < 1.29 is 29.0 Å². The van der Waals surface area contributed by atoms with Gasteiger partial charge in [-0.25, -0.2) is 4.39 Å². The Morgan fingerprint density at radius 3 is 2.61 bits per heavy atom. The average Bonchev–Trinajstić information content (AvgIpc) is 2.84. The number of allylic oxidation sites excluding steroid dienone is 6. The lowest BCUT2D eigenvalue weighted by Gasteiger charge is -2.57. The van der Waals surface area contributed by atoms with E-state index in [1.165, 1.54) is 18.2 Å². The highest BCUT2D eigenvalue weighted by Crippen LogP contribution is 2.68. The summed E-state index contributed by atoms with van der Waals surface area (Å²) in [6.45, 7) is 4.17. The van der Waals surface area contributed by atoms with Gasteiger partial charge in [0.2, 0.25) is 0 Å². The van der Waals surface area contributed by atoms with Crippen molar-refractivity contribution >= 4 is 17.3 Å². The summed E-state index contributed by atoms with van der Waals surface area (Å²) in [5.74, 6) is -3.44. The van der Waals surface area contributed by atoms with Crippen LogP contribution in [0, 0.1) is 28.6 Å². The SMILES string of the molecule is C[C@H]1C[C@H]2[C@@H]3C=CC4=CC(=O)C=C[C@]4(C)[C@@]3(F)C(=O)C[C@]2(C)[C@@]1(O)C(=O)CO. The van der Waals surface area contributed by atoms with E-state index in [0.29, 0.717) is 12.0 Å². The molecule has 0 unspecified atom stereocenters. The van der Waals surface area contributed by atoms with E-state index in [4.69, 9.17) is 0 Å². The minimum Gasteiger partial charge on any atom is -0.388 e. The molecule has 0 aromatic carbocycles. The maximum absolute atomic E-state index is 16.7. The lowest BCUT2D eigenvalue weighted by Crippen LogP contribution is -2.67. The molecule has 7 atom stereocenters. The van der Waals surface area contributed by atoms with Crippen LogP contribution in [0.15, 0.2) is 36.0 Å². The zero-order chi connectivity index (χ0) is 20.7. The van der Waals surface area contributed by atoms with E-state index in [1.807, 2.05) is 0 Å². The van der Waals surface area contributed by atoms with Crippen LogP contribution in [0.25, 0.3) is 0 Å². The topological polar surface area (TPSA) is 91.7 Å². The summed E-state index contributed by atoms with van der Waals surface area (Å²) in [5.41, 5.74) is -6.12. The van der Waals surface area contributed by atoms with Crippen LogP contribution >= 0.6 is 0 Å². The summed E-state index contributed by atoms with van der Waals surface area (Å²) in [6, 6.07) is 0. The molecule has 2 N–H and O–H groups in total. The molecule has 0 aromatic heterocycles. The van der Waals surface area contributed by atoms with Crippen LogP contribution in [0.2, 0.25) is 0 Å². The third-order valence-corrected chi connectivity index (χ3v) is 8.12. The van der Waals surface area contributed by atoms with Gasteiger partial charge in [0.05, 0.1) is 5.41 Å². The summed E-state index contributed by atoms with van der Waals surface area (Å²) < 4.78 is 16.7. The molecule has 0 aromatic rings. The number of fused-ring (bicyclic) bond motifs is 5. The minimum atomic E-state index is -2.26. The highest BCUT2D eigenvalue weighted by molar-refractivity contribution is 6.03. The van der Waals surface area contributed by atoms with Gasteiger partial charge in [-0.1, -0.05) is 32.1 Å². The Bertz CT molecular complexity index is 887. The number of hydrogen-bond donors (Lipinski definition) is 2. The van der Waals surface area contributed by atoms with Gasteiger partial charge in [0, 0.05) is 17.8 Å². The number of halogens is 1. The molecule has 4 aliphatic carbocycles. The molecule has 0 radical (unpaired) electrons. The fourth-order valence-electron chi connectivity index (χ4n) is 6.46. The van der Waals surface area contributed by atoms with Crippen molar-refractivity contribution in [3.05, 3.63) is 36.0 Å². The highest BCUT2D eigenvalue weighted by atomic mass is 19.1. The van der Waals surface area contributed by atoms with Gasteiger partial charge in [-0.3, -0.25) is 14.4 Å². The Balaban J connectivity index is 1.90. The highest BCUT2D eigenvalue weighted by Gasteiger charge is 2.75. The fraction of sp³-hybridized carbons (Fsp3) is 0.591. The first kappa shape index (κ1) is 19.4. The molecule has 0 spiro atoms. The van der Waals surface area contributed by atoms with E-state index in [0.717, 1.165) is 0 Å². The summed E-state index contributed by atoms with van der Waals surface area (Å²) in [5, 5.41) is 20.7. The van der Waals surface area contributed by atoms with Crippen LogP contribution in [0.3, 0.4) is 0 Å². The second-order valence-corrected chi connectivity index (χ2v) is 9.24. The molecule has 4 rings (SSSR count). The predicted molar refractivity (Wildman–Crippen MR) is 98.9 cm³/mol. The van der Waals surface area contributed by atoms with Crippen molar-refractivity contribution in [2.24, 2.45) is 28.6 Å². The maximum Gasteiger partial charge on any atom is 0.190 e. The second kappa shape index (κ2) is 5.57. The minimum absolute atomic E-state index is 0.246. The molecule has 0 bridgehead atoms.